The number of rotatable bonds is 7. The molecule has 144 valence electrons. The predicted octanol–water partition coefficient (Wildman–Crippen LogP) is 4.12. The van der Waals surface area contributed by atoms with Crippen LogP contribution >= 0.6 is 15.9 Å². The molecule has 3 amide bonds. The van der Waals surface area contributed by atoms with E-state index in [4.69, 9.17) is 9.47 Å². The van der Waals surface area contributed by atoms with Crippen LogP contribution < -0.4 is 14.8 Å². The molecule has 2 aromatic carbocycles. The molecule has 0 aromatic heterocycles. The number of carbonyl (C=O) groups excluding carboxylic acids is 2. The zero-order chi connectivity index (χ0) is 20.1. The minimum atomic E-state index is -0.447. The van der Waals surface area contributed by atoms with Gasteiger partial charge in [-0.1, -0.05) is 43.0 Å². The SMILES string of the molecule is C=CCOc1c(Br)cc(C=C2NC(=O)N(Cc3ccccc3)C2=O)cc1OC. The summed E-state index contributed by atoms with van der Waals surface area (Å²) in [6, 6.07) is 12.4. The molecular formula is C21H19BrN2O4. The second kappa shape index (κ2) is 8.75. The molecule has 0 spiro atoms. The summed E-state index contributed by atoms with van der Waals surface area (Å²) in [5, 5.41) is 2.63. The zero-order valence-electron chi connectivity index (χ0n) is 15.3. The van der Waals surface area contributed by atoms with Crippen molar-refractivity contribution in [3.63, 3.8) is 0 Å². The van der Waals surface area contributed by atoms with Crippen molar-refractivity contribution in [3.8, 4) is 11.5 Å². The van der Waals surface area contributed by atoms with Gasteiger partial charge < -0.3 is 14.8 Å². The van der Waals surface area contributed by atoms with Crippen LogP contribution in [0.15, 0.2) is 65.3 Å². The number of imide groups is 1. The first-order valence-corrected chi connectivity index (χ1v) is 9.32. The molecule has 0 bridgehead atoms. The van der Waals surface area contributed by atoms with E-state index in [1.807, 2.05) is 30.3 Å². The second-order valence-electron chi connectivity index (χ2n) is 6.00. The van der Waals surface area contributed by atoms with Crippen LogP contribution in [0.2, 0.25) is 0 Å². The molecule has 1 heterocycles. The van der Waals surface area contributed by atoms with Gasteiger partial charge >= 0.3 is 6.03 Å². The average Bonchev–Trinajstić information content (AvgIpc) is 2.95. The molecule has 7 heteroatoms. The lowest BCUT2D eigenvalue weighted by molar-refractivity contribution is -0.123. The Hall–Kier alpha value is -3.06. The van der Waals surface area contributed by atoms with Gasteiger partial charge in [0.1, 0.15) is 12.3 Å². The van der Waals surface area contributed by atoms with E-state index in [1.54, 1.807) is 24.3 Å². The van der Waals surface area contributed by atoms with Crippen molar-refractivity contribution < 1.29 is 19.1 Å². The maximum atomic E-state index is 12.7. The fourth-order valence-electron chi connectivity index (χ4n) is 2.75. The van der Waals surface area contributed by atoms with Crippen molar-refractivity contribution in [2.75, 3.05) is 13.7 Å². The Kier molecular flexibility index (Phi) is 6.16. The third-order valence-corrected chi connectivity index (χ3v) is 4.64. The number of carbonyl (C=O) groups is 2. The maximum absolute atomic E-state index is 12.7. The van der Waals surface area contributed by atoms with E-state index in [0.29, 0.717) is 28.1 Å². The van der Waals surface area contributed by atoms with Crippen molar-refractivity contribution in [2.24, 2.45) is 0 Å². The summed E-state index contributed by atoms with van der Waals surface area (Å²) in [4.78, 5) is 26.1. The van der Waals surface area contributed by atoms with Crippen molar-refractivity contribution in [2.45, 2.75) is 6.54 Å². The Bertz CT molecular complexity index is 941. The summed E-state index contributed by atoms with van der Waals surface area (Å²) in [6.45, 7) is 4.17. The van der Waals surface area contributed by atoms with Gasteiger partial charge in [0.15, 0.2) is 11.5 Å². The van der Waals surface area contributed by atoms with Crippen molar-refractivity contribution in [1.82, 2.24) is 10.2 Å². The van der Waals surface area contributed by atoms with Gasteiger partial charge in [-0.2, -0.15) is 0 Å². The number of urea groups is 1. The third-order valence-electron chi connectivity index (χ3n) is 4.05. The van der Waals surface area contributed by atoms with E-state index < -0.39 is 6.03 Å². The Morgan fingerprint density at radius 2 is 1.96 bits per heavy atom. The van der Waals surface area contributed by atoms with E-state index >= 15 is 0 Å². The molecule has 0 unspecified atom stereocenters. The van der Waals surface area contributed by atoms with Crippen LogP contribution in [0, 0.1) is 0 Å². The van der Waals surface area contributed by atoms with Crippen LogP contribution in [0.1, 0.15) is 11.1 Å². The number of ether oxygens (including phenoxy) is 2. The van der Waals surface area contributed by atoms with Crippen LogP contribution in [-0.2, 0) is 11.3 Å². The standard InChI is InChI=1S/C21H19BrN2O4/c1-3-9-28-19-16(22)10-15(12-18(19)27-2)11-17-20(25)24(21(26)23-17)13-14-7-5-4-6-8-14/h3-8,10-12H,1,9,13H2,2H3,(H,23,26). The maximum Gasteiger partial charge on any atom is 0.329 e. The average molecular weight is 443 g/mol. The molecule has 0 atom stereocenters. The fourth-order valence-corrected chi connectivity index (χ4v) is 3.33. The van der Waals surface area contributed by atoms with Gasteiger partial charge in [0.05, 0.1) is 18.1 Å². The van der Waals surface area contributed by atoms with Gasteiger partial charge in [-0.05, 0) is 45.3 Å². The number of methoxy groups -OCH3 is 1. The summed E-state index contributed by atoms with van der Waals surface area (Å²) in [6.07, 6.45) is 3.24. The molecule has 3 rings (SSSR count). The van der Waals surface area contributed by atoms with Gasteiger partial charge in [0.2, 0.25) is 0 Å². The van der Waals surface area contributed by atoms with Crippen LogP contribution in [0.25, 0.3) is 6.08 Å². The number of amides is 3. The summed E-state index contributed by atoms with van der Waals surface area (Å²) >= 11 is 3.45. The highest BCUT2D eigenvalue weighted by Crippen LogP contribution is 2.37. The molecule has 1 saturated heterocycles. The molecule has 0 saturated carbocycles. The molecule has 1 fully saturated rings. The van der Waals surface area contributed by atoms with Crippen LogP contribution in [0.4, 0.5) is 4.79 Å². The van der Waals surface area contributed by atoms with E-state index in [9.17, 15) is 9.59 Å². The van der Waals surface area contributed by atoms with Gasteiger partial charge in [-0.25, -0.2) is 4.79 Å². The smallest absolute Gasteiger partial charge is 0.329 e. The van der Waals surface area contributed by atoms with Gasteiger partial charge in [-0.3, -0.25) is 9.69 Å². The molecular weight excluding hydrogens is 424 g/mol. The summed E-state index contributed by atoms with van der Waals surface area (Å²) in [7, 11) is 1.53. The lowest BCUT2D eigenvalue weighted by Gasteiger charge is -2.12. The lowest BCUT2D eigenvalue weighted by atomic mass is 10.1. The van der Waals surface area contributed by atoms with E-state index in [1.165, 1.54) is 12.0 Å². The van der Waals surface area contributed by atoms with Crippen molar-refractivity contribution in [1.29, 1.82) is 0 Å². The first-order chi connectivity index (χ1) is 13.5. The second-order valence-corrected chi connectivity index (χ2v) is 6.85. The van der Waals surface area contributed by atoms with Crippen LogP contribution in [0.5, 0.6) is 11.5 Å². The van der Waals surface area contributed by atoms with E-state index in [0.717, 1.165) is 5.56 Å². The predicted molar refractivity (Wildman–Crippen MR) is 110 cm³/mol. The van der Waals surface area contributed by atoms with Gasteiger partial charge in [0, 0.05) is 0 Å². The molecule has 6 nitrogen and oxygen atoms in total. The minimum Gasteiger partial charge on any atom is -0.493 e. The molecule has 28 heavy (non-hydrogen) atoms. The third kappa shape index (κ3) is 4.26. The largest absolute Gasteiger partial charge is 0.493 e. The molecule has 1 aliphatic rings. The summed E-state index contributed by atoms with van der Waals surface area (Å²) < 4.78 is 11.6. The number of hydrogen-bond acceptors (Lipinski definition) is 4. The topological polar surface area (TPSA) is 67.9 Å². The Morgan fingerprint density at radius 1 is 1.21 bits per heavy atom. The molecule has 0 radical (unpaired) electrons. The fraction of sp³-hybridized carbons (Fsp3) is 0.143. The zero-order valence-corrected chi connectivity index (χ0v) is 16.9. The Balaban J connectivity index is 1.85. The Morgan fingerprint density at radius 3 is 2.64 bits per heavy atom. The molecule has 2 aromatic rings. The van der Waals surface area contributed by atoms with Gasteiger partial charge in [0.25, 0.3) is 5.91 Å². The number of halogens is 1. The number of nitrogens with one attached hydrogen (secondary N) is 1. The quantitative estimate of drug-likeness (QED) is 0.397. The van der Waals surface area contributed by atoms with Crippen LogP contribution in [-0.4, -0.2) is 30.6 Å². The highest BCUT2D eigenvalue weighted by molar-refractivity contribution is 9.10. The molecule has 0 aliphatic carbocycles. The van der Waals surface area contributed by atoms with E-state index in [2.05, 4.69) is 27.8 Å². The highest BCUT2D eigenvalue weighted by atomic mass is 79.9. The van der Waals surface area contributed by atoms with E-state index in [-0.39, 0.29) is 18.1 Å². The molecule has 1 N–H and O–H groups in total. The monoisotopic (exact) mass is 442 g/mol. The lowest BCUT2D eigenvalue weighted by Crippen LogP contribution is -2.30. The van der Waals surface area contributed by atoms with Crippen LogP contribution in [0.3, 0.4) is 0 Å². The molecule has 1 aliphatic heterocycles. The number of hydrogen-bond donors (Lipinski definition) is 1. The summed E-state index contributed by atoms with van der Waals surface area (Å²) in [5.41, 5.74) is 1.76. The first kappa shape index (κ1) is 19.7. The Labute approximate surface area is 171 Å². The summed E-state index contributed by atoms with van der Waals surface area (Å²) in [5.74, 6) is 0.661. The van der Waals surface area contributed by atoms with Crippen molar-refractivity contribution in [3.05, 3.63) is 76.4 Å². The number of nitrogens with zero attached hydrogens (tertiary/aromatic N) is 1. The minimum absolute atomic E-state index is 0.203. The normalized spacial score (nSPS) is 14.9. The first-order valence-electron chi connectivity index (χ1n) is 8.53. The van der Waals surface area contributed by atoms with Crippen molar-refractivity contribution >= 4 is 33.9 Å². The number of benzene rings is 2. The van der Waals surface area contributed by atoms with Gasteiger partial charge in [-0.15, -0.1) is 0 Å². The highest BCUT2D eigenvalue weighted by Gasteiger charge is 2.33.